The summed E-state index contributed by atoms with van der Waals surface area (Å²) in [6, 6.07) is 0. The average Bonchev–Trinajstić information content (AvgIpc) is 2.19. The Labute approximate surface area is 85.3 Å². The van der Waals surface area contributed by atoms with Gasteiger partial charge in [0.05, 0.1) is 0 Å². The molecule has 1 aliphatic heterocycles. The van der Waals surface area contributed by atoms with Gasteiger partial charge in [-0.2, -0.15) is 0 Å². The molecule has 0 saturated carbocycles. The minimum Gasteiger partial charge on any atom is -0.402 e. The Kier molecular flexibility index (Phi) is 4.23. The number of carbonyl (C=O) groups is 1. The quantitative estimate of drug-likeness (QED) is 0.545. The van der Waals surface area contributed by atoms with Crippen molar-refractivity contribution in [3.8, 4) is 0 Å². The number of piperidine rings is 1. The van der Waals surface area contributed by atoms with E-state index < -0.39 is 0 Å². The molecule has 0 aliphatic carbocycles. The van der Waals surface area contributed by atoms with Crippen molar-refractivity contribution in [1.29, 1.82) is 0 Å². The molecule has 1 aliphatic rings. The molecule has 0 atom stereocenters. The lowest BCUT2D eigenvalue weighted by Gasteiger charge is -2.25. The fourth-order valence-corrected chi connectivity index (χ4v) is 1.59. The summed E-state index contributed by atoms with van der Waals surface area (Å²) in [6.45, 7) is 5.32. The van der Waals surface area contributed by atoms with Crippen LogP contribution in [-0.4, -0.2) is 23.9 Å². The molecule has 1 amide bonds. The fourth-order valence-electron chi connectivity index (χ4n) is 1.59. The highest BCUT2D eigenvalue weighted by atomic mass is 16.2. The van der Waals surface area contributed by atoms with Crippen LogP contribution in [0.15, 0.2) is 24.4 Å². The van der Waals surface area contributed by atoms with E-state index >= 15 is 0 Å². The minimum atomic E-state index is 0.0454. The summed E-state index contributed by atoms with van der Waals surface area (Å²) in [6.07, 6.45) is 7.26. The third-order valence-corrected chi connectivity index (χ3v) is 2.36. The highest BCUT2D eigenvalue weighted by Crippen LogP contribution is 2.09. The monoisotopic (exact) mass is 194 g/mol. The van der Waals surface area contributed by atoms with Gasteiger partial charge < -0.3 is 10.6 Å². The maximum absolute atomic E-state index is 11.6. The Morgan fingerprint density at radius 1 is 1.36 bits per heavy atom. The van der Waals surface area contributed by atoms with Crippen LogP contribution in [0.5, 0.6) is 0 Å². The molecule has 78 valence electrons. The molecular formula is C11H18N2O. The number of hydrogen-bond acceptors (Lipinski definition) is 2. The van der Waals surface area contributed by atoms with Crippen LogP contribution in [0.2, 0.25) is 0 Å². The van der Waals surface area contributed by atoms with E-state index in [4.69, 9.17) is 5.73 Å². The van der Waals surface area contributed by atoms with E-state index in [9.17, 15) is 4.79 Å². The van der Waals surface area contributed by atoms with E-state index in [1.165, 1.54) is 12.5 Å². The topological polar surface area (TPSA) is 46.3 Å². The zero-order chi connectivity index (χ0) is 10.4. The molecule has 14 heavy (non-hydrogen) atoms. The van der Waals surface area contributed by atoms with Crippen LogP contribution in [0.4, 0.5) is 0 Å². The Morgan fingerprint density at radius 3 is 2.57 bits per heavy atom. The van der Waals surface area contributed by atoms with Crippen LogP contribution in [0, 0.1) is 0 Å². The standard InChI is InChI=1S/C11H18N2O/c1-2-6-10(12)9-11(14)13-7-4-3-5-8-13/h2,9H,1,3-8,12H2/b10-9-. The molecule has 0 aromatic carbocycles. The predicted octanol–water partition coefficient (Wildman–Crippen LogP) is 1.42. The molecule has 1 fully saturated rings. The van der Waals surface area contributed by atoms with E-state index in [-0.39, 0.29) is 5.91 Å². The number of allylic oxidation sites excluding steroid dienone is 1. The third kappa shape index (κ3) is 3.24. The van der Waals surface area contributed by atoms with Crippen molar-refractivity contribution in [1.82, 2.24) is 4.90 Å². The second-order valence-corrected chi connectivity index (χ2v) is 3.60. The highest BCUT2D eigenvalue weighted by molar-refractivity contribution is 5.88. The Morgan fingerprint density at radius 2 is 2.00 bits per heavy atom. The lowest BCUT2D eigenvalue weighted by atomic mass is 10.1. The smallest absolute Gasteiger partial charge is 0.248 e. The normalized spacial score (nSPS) is 18.0. The second-order valence-electron chi connectivity index (χ2n) is 3.60. The summed E-state index contributed by atoms with van der Waals surface area (Å²) >= 11 is 0. The highest BCUT2D eigenvalue weighted by Gasteiger charge is 2.14. The first kappa shape index (κ1) is 10.8. The number of amides is 1. The summed E-state index contributed by atoms with van der Waals surface area (Å²) in [7, 11) is 0. The molecule has 1 saturated heterocycles. The van der Waals surface area contributed by atoms with Crippen molar-refractivity contribution < 1.29 is 4.79 Å². The molecule has 0 bridgehead atoms. The zero-order valence-corrected chi connectivity index (χ0v) is 8.54. The molecule has 0 unspecified atom stereocenters. The van der Waals surface area contributed by atoms with Crippen LogP contribution in [0.3, 0.4) is 0 Å². The lowest BCUT2D eigenvalue weighted by molar-refractivity contribution is -0.126. The van der Waals surface area contributed by atoms with E-state index in [2.05, 4.69) is 6.58 Å². The first-order chi connectivity index (χ1) is 6.74. The Balaban J connectivity index is 2.46. The Hall–Kier alpha value is -1.25. The summed E-state index contributed by atoms with van der Waals surface area (Å²) in [4.78, 5) is 13.5. The Bertz CT molecular complexity index is 240. The van der Waals surface area contributed by atoms with Crippen molar-refractivity contribution in [2.45, 2.75) is 25.7 Å². The molecule has 0 aromatic rings. The summed E-state index contributed by atoms with van der Waals surface area (Å²) in [5.41, 5.74) is 6.23. The fraction of sp³-hybridized carbons (Fsp3) is 0.545. The number of carbonyl (C=O) groups excluding carboxylic acids is 1. The molecule has 0 radical (unpaired) electrons. The molecule has 3 nitrogen and oxygen atoms in total. The third-order valence-electron chi connectivity index (χ3n) is 2.36. The van der Waals surface area contributed by atoms with Gasteiger partial charge in [-0.05, 0) is 19.3 Å². The summed E-state index contributed by atoms with van der Waals surface area (Å²) < 4.78 is 0. The maximum Gasteiger partial charge on any atom is 0.248 e. The van der Waals surface area contributed by atoms with E-state index in [1.54, 1.807) is 6.08 Å². The van der Waals surface area contributed by atoms with Gasteiger partial charge in [0.25, 0.3) is 0 Å². The maximum atomic E-state index is 11.6. The molecule has 0 spiro atoms. The number of rotatable bonds is 3. The van der Waals surface area contributed by atoms with Gasteiger partial charge >= 0.3 is 0 Å². The number of likely N-dealkylation sites (tertiary alicyclic amines) is 1. The van der Waals surface area contributed by atoms with Gasteiger partial charge in [0.15, 0.2) is 0 Å². The second kappa shape index (κ2) is 5.47. The van der Waals surface area contributed by atoms with Crippen LogP contribution >= 0.6 is 0 Å². The van der Waals surface area contributed by atoms with Crippen LogP contribution < -0.4 is 5.73 Å². The van der Waals surface area contributed by atoms with Gasteiger partial charge in [-0.3, -0.25) is 4.79 Å². The molecule has 1 rings (SSSR count). The lowest BCUT2D eigenvalue weighted by Crippen LogP contribution is -2.34. The van der Waals surface area contributed by atoms with Crippen molar-refractivity contribution in [3.63, 3.8) is 0 Å². The van der Waals surface area contributed by atoms with Crippen molar-refractivity contribution >= 4 is 5.91 Å². The van der Waals surface area contributed by atoms with Gasteiger partial charge in [0, 0.05) is 31.3 Å². The minimum absolute atomic E-state index is 0.0454. The van der Waals surface area contributed by atoms with E-state index in [0.29, 0.717) is 12.1 Å². The van der Waals surface area contributed by atoms with Gasteiger partial charge in [0.1, 0.15) is 0 Å². The van der Waals surface area contributed by atoms with Gasteiger partial charge in [-0.15, -0.1) is 6.58 Å². The van der Waals surface area contributed by atoms with Crippen molar-refractivity contribution in [2.24, 2.45) is 5.73 Å². The summed E-state index contributed by atoms with van der Waals surface area (Å²) in [5, 5.41) is 0. The van der Waals surface area contributed by atoms with Crippen molar-refractivity contribution in [2.75, 3.05) is 13.1 Å². The predicted molar refractivity (Wildman–Crippen MR) is 57.5 cm³/mol. The van der Waals surface area contributed by atoms with Crippen LogP contribution in [0.25, 0.3) is 0 Å². The van der Waals surface area contributed by atoms with E-state index in [0.717, 1.165) is 25.9 Å². The number of nitrogens with two attached hydrogens (primary N) is 1. The first-order valence-electron chi connectivity index (χ1n) is 5.10. The van der Waals surface area contributed by atoms with E-state index in [1.807, 2.05) is 4.90 Å². The van der Waals surface area contributed by atoms with Gasteiger partial charge in [0.2, 0.25) is 5.91 Å². The van der Waals surface area contributed by atoms with Gasteiger partial charge in [-0.25, -0.2) is 0 Å². The molecular weight excluding hydrogens is 176 g/mol. The van der Waals surface area contributed by atoms with Gasteiger partial charge in [-0.1, -0.05) is 6.08 Å². The largest absolute Gasteiger partial charge is 0.402 e. The molecule has 2 N–H and O–H groups in total. The molecule has 0 aromatic heterocycles. The SMILES string of the molecule is C=CC/C(N)=C/C(=O)N1CCCCC1. The van der Waals surface area contributed by atoms with Crippen LogP contribution in [0.1, 0.15) is 25.7 Å². The van der Waals surface area contributed by atoms with Crippen LogP contribution in [-0.2, 0) is 4.79 Å². The first-order valence-corrected chi connectivity index (χ1v) is 5.10. The number of nitrogens with zero attached hydrogens (tertiary/aromatic N) is 1. The molecule has 3 heteroatoms. The zero-order valence-electron chi connectivity index (χ0n) is 8.54. The van der Waals surface area contributed by atoms with Crippen molar-refractivity contribution in [3.05, 3.63) is 24.4 Å². The molecule has 1 heterocycles. The summed E-state index contributed by atoms with van der Waals surface area (Å²) in [5.74, 6) is 0.0454. The average molecular weight is 194 g/mol. The number of hydrogen-bond donors (Lipinski definition) is 1.